The molecule has 0 amide bonds. The first-order chi connectivity index (χ1) is 6.11. The summed E-state index contributed by atoms with van der Waals surface area (Å²) in [6.07, 6.45) is -1.23. The number of aliphatic hydroxyl groups is 2. The average molecular weight is 188 g/mol. The summed E-state index contributed by atoms with van der Waals surface area (Å²) in [6, 6.07) is -0.00579. The molecule has 1 rings (SSSR count). The van der Waals surface area contributed by atoms with E-state index < -0.39 is 12.2 Å². The third-order valence-corrected chi connectivity index (χ3v) is 2.31. The molecule has 0 saturated carbocycles. The van der Waals surface area contributed by atoms with E-state index in [1.807, 2.05) is 0 Å². The molecule has 1 saturated heterocycles. The van der Waals surface area contributed by atoms with Crippen molar-refractivity contribution in [1.29, 1.82) is 0 Å². The SMILES string of the molecule is CC(C)CNC[C@H]1NC[C@H](O)[C@H]1O. The van der Waals surface area contributed by atoms with Gasteiger partial charge in [-0.2, -0.15) is 0 Å². The highest BCUT2D eigenvalue weighted by atomic mass is 16.3. The van der Waals surface area contributed by atoms with Crippen LogP contribution in [0.25, 0.3) is 0 Å². The molecule has 0 aromatic rings. The van der Waals surface area contributed by atoms with E-state index in [9.17, 15) is 10.2 Å². The Kier molecular flexibility index (Phi) is 4.12. The molecule has 0 bridgehead atoms. The minimum Gasteiger partial charge on any atom is -0.389 e. The van der Waals surface area contributed by atoms with Crippen LogP contribution in [0.1, 0.15) is 13.8 Å². The molecule has 1 fully saturated rings. The topological polar surface area (TPSA) is 64.5 Å². The minimum atomic E-state index is -0.625. The number of nitrogens with one attached hydrogen (secondary N) is 2. The molecule has 0 aromatic carbocycles. The van der Waals surface area contributed by atoms with Gasteiger partial charge < -0.3 is 20.8 Å². The Hall–Kier alpha value is -0.160. The van der Waals surface area contributed by atoms with Crippen molar-refractivity contribution in [2.24, 2.45) is 5.92 Å². The summed E-state index contributed by atoms with van der Waals surface area (Å²) in [5.74, 6) is 0.614. The van der Waals surface area contributed by atoms with E-state index in [2.05, 4.69) is 24.5 Å². The third kappa shape index (κ3) is 3.23. The Bertz CT molecular complexity index is 153. The Morgan fingerprint density at radius 3 is 2.62 bits per heavy atom. The molecule has 0 aromatic heterocycles. The molecule has 4 N–H and O–H groups in total. The van der Waals surface area contributed by atoms with Crippen LogP contribution in [-0.2, 0) is 0 Å². The zero-order chi connectivity index (χ0) is 9.84. The molecule has 3 atom stereocenters. The average Bonchev–Trinajstić information content (AvgIpc) is 2.35. The normalized spacial score (nSPS) is 34.4. The zero-order valence-electron chi connectivity index (χ0n) is 8.33. The first kappa shape index (κ1) is 10.9. The molecule has 13 heavy (non-hydrogen) atoms. The molecule has 1 heterocycles. The van der Waals surface area contributed by atoms with E-state index in [0.29, 0.717) is 12.5 Å². The van der Waals surface area contributed by atoms with Crippen LogP contribution in [0, 0.1) is 5.92 Å². The van der Waals surface area contributed by atoms with E-state index >= 15 is 0 Å². The Balaban J connectivity index is 2.15. The van der Waals surface area contributed by atoms with E-state index in [4.69, 9.17) is 0 Å². The summed E-state index contributed by atoms with van der Waals surface area (Å²) in [6.45, 7) is 6.44. The van der Waals surface area contributed by atoms with Crippen molar-refractivity contribution in [3.8, 4) is 0 Å². The van der Waals surface area contributed by atoms with Gasteiger partial charge in [-0.25, -0.2) is 0 Å². The quantitative estimate of drug-likeness (QED) is 0.453. The number of hydrogen-bond acceptors (Lipinski definition) is 4. The van der Waals surface area contributed by atoms with Crippen LogP contribution in [0.15, 0.2) is 0 Å². The molecule has 4 heteroatoms. The maximum Gasteiger partial charge on any atom is 0.0976 e. The number of β-amino-alcohol motifs (C(OH)–C–C–N with tert-alkyl or cyclic N) is 1. The van der Waals surface area contributed by atoms with Gasteiger partial charge in [0.2, 0.25) is 0 Å². The van der Waals surface area contributed by atoms with Crippen molar-refractivity contribution in [1.82, 2.24) is 10.6 Å². The van der Waals surface area contributed by atoms with Crippen LogP contribution in [-0.4, -0.2) is 48.1 Å². The lowest BCUT2D eigenvalue weighted by Gasteiger charge is -2.17. The molecule has 0 spiro atoms. The monoisotopic (exact) mass is 188 g/mol. The van der Waals surface area contributed by atoms with Crippen molar-refractivity contribution in [2.45, 2.75) is 32.1 Å². The van der Waals surface area contributed by atoms with Gasteiger partial charge in [0.1, 0.15) is 0 Å². The Labute approximate surface area is 79.3 Å². The molecular formula is C9H20N2O2. The lowest BCUT2D eigenvalue weighted by atomic mass is 10.1. The predicted octanol–water partition coefficient (Wildman–Crippen LogP) is -1.07. The van der Waals surface area contributed by atoms with Gasteiger partial charge in [0, 0.05) is 19.1 Å². The molecular weight excluding hydrogens is 168 g/mol. The van der Waals surface area contributed by atoms with Crippen LogP contribution in [0.2, 0.25) is 0 Å². The fourth-order valence-electron chi connectivity index (χ4n) is 1.50. The maximum atomic E-state index is 9.47. The summed E-state index contributed by atoms with van der Waals surface area (Å²) in [5.41, 5.74) is 0. The number of hydrogen-bond donors (Lipinski definition) is 4. The van der Waals surface area contributed by atoms with Crippen LogP contribution < -0.4 is 10.6 Å². The van der Waals surface area contributed by atoms with Crippen molar-refractivity contribution in [2.75, 3.05) is 19.6 Å². The molecule has 1 aliphatic rings. The Morgan fingerprint density at radius 2 is 2.15 bits per heavy atom. The molecule has 0 radical (unpaired) electrons. The molecule has 1 aliphatic heterocycles. The van der Waals surface area contributed by atoms with E-state index in [0.717, 1.165) is 13.1 Å². The third-order valence-electron chi connectivity index (χ3n) is 2.31. The standard InChI is InChI=1S/C9H20N2O2/c1-6(2)3-10-4-7-9(13)8(12)5-11-7/h6-13H,3-5H2,1-2H3/t7-,8+,9+/m1/s1. The van der Waals surface area contributed by atoms with E-state index in [1.165, 1.54) is 0 Å². The van der Waals surface area contributed by atoms with Crippen LogP contribution >= 0.6 is 0 Å². The molecule has 4 nitrogen and oxygen atoms in total. The lowest BCUT2D eigenvalue weighted by molar-refractivity contribution is 0.0406. The largest absolute Gasteiger partial charge is 0.389 e. The summed E-state index contributed by atoms with van der Waals surface area (Å²) >= 11 is 0. The summed E-state index contributed by atoms with van der Waals surface area (Å²) in [5, 5.41) is 25.0. The van der Waals surface area contributed by atoms with Gasteiger partial charge in [-0.15, -0.1) is 0 Å². The Morgan fingerprint density at radius 1 is 1.46 bits per heavy atom. The molecule has 0 unspecified atom stereocenters. The first-order valence-corrected chi connectivity index (χ1v) is 4.91. The van der Waals surface area contributed by atoms with Crippen LogP contribution in [0.5, 0.6) is 0 Å². The smallest absolute Gasteiger partial charge is 0.0976 e. The second-order valence-corrected chi connectivity index (χ2v) is 4.12. The van der Waals surface area contributed by atoms with Gasteiger partial charge in [0.25, 0.3) is 0 Å². The van der Waals surface area contributed by atoms with E-state index in [-0.39, 0.29) is 6.04 Å². The van der Waals surface area contributed by atoms with Gasteiger partial charge >= 0.3 is 0 Å². The maximum absolute atomic E-state index is 9.47. The van der Waals surface area contributed by atoms with Crippen LogP contribution in [0.3, 0.4) is 0 Å². The highest BCUT2D eigenvalue weighted by Gasteiger charge is 2.32. The van der Waals surface area contributed by atoms with Gasteiger partial charge in [0.15, 0.2) is 0 Å². The van der Waals surface area contributed by atoms with Gasteiger partial charge in [-0.05, 0) is 12.5 Å². The fraction of sp³-hybridized carbons (Fsp3) is 1.00. The molecule has 0 aliphatic carbocycles. The second kappa shape index (κ2) is 4.91. The van der Waals surface area contributed by atoms with Crippen molar-refractivity contribution in [3.63, 3.8) is 0 Å². The number of rotatable bonds is 4. The van der Waals surface area contributed by atoms with Gasteiger partial charge in [0.05, 0.1) is 12.2 Å². The first-order valence-electron chi connectivity index (χ1n) is 4.91. The highest BCUT2D eigenvalue weighted by Crippen LogP contribution is 2.06. The predicted molar refractivity (Wildman–Crippen MR) is 51.5 cm³/mol. The van der Waals surface area contributed by atoms with Crippen molar-refractivity contribution >= 4 is 0 Å². The minimum absolute atomic E-state index is 0.00579. The molecule has 78 valence electrons. The van der Waals surface area contributed by atoms with Crippen molar-refractivity contribution < 1.29 is 10.2 Å². The van der Waals surface area contributed by atoms with Gasteiger partial charge in [-0.1, -0.05) is 13.8 Å². The van der Waals surface area contributed by atoms with Crippen molar-refractivity contribution in [3.05, 3.63) is 0 Å². The lowest BCUT2D eigenvalue weighted by Crippen LogP contribution is -2.42. The summed E-state index contributed by atoms with van der Waals surface area (Å²) in [7, 11) is 0. The van der Waals surface area contributed by atoms with E-state index in [1.54, 1.807) is 0 Å². The fourth-order valence-corrected chi connectivity index (χ4v) is 1.50. The number of aliphatic hydroxyl groups excluding tert-OH is 2. The van der Waals surface area contributed by atoms with Gasteiger partial charge in [-0.3, -0.25) is 0 Å². The zero-order valence-corrected chi connectivity index (χ0v) is 8.33. The van der Waals surface area contributed by atoms with Crippen LogP contribution in [0.4, 0.5) is 0 Å². The summed E-state index contributed by atoms with van der Waals surface area (Å²) < 4.78 is 0. The highest BCUT2D eigenvalue weighted by molar-refractivity contribution is 4.91. The second-order valence-electron chi connectivity index (χ2n) is 4.12. The summed E-state index contributed by atoms with van der Waals surface area (Å²) in [4.78, 5) is 0.